The Morgan fingerprint density at radius 1 is 1.50 bits per heavy atom. The minimum Gasteiger partial charge on any atom is -0.343 e. The molecule has 0 aromatic carbocycles. The van der Waals surface area contributed by atoms with Gasteiger partial charge < -0.3 is 9.88 Å². The molecule has 2 aromatic rings. The standard InChI is InChI=1S/C15H19BrN2OS/c1-3-7-18-10-11(16)9-13(18)15(19)17-12(4-2)14-6-5-8-20-14/h5-6,8-10,12H,3-4,7H2,1-2H3,(H,17,19). The number of nitrogens with zero attached hydrogens (tertiary/aromatic N) is 1. The lowest BCUT2D eigenvalue weighted by molar-refractivity contribution is 0.0926. The number of aromatic nitrogens is 1. The van der Waals surface area contributed by atoms with E-state index in [2.05, 4.69) is 41.2 Å². The first-order valence-electron chi connectivity index (χ1n) is 6.85. The minimum atomic E-state index is -0.00981. The van der Waals surface area contributed by atoms with Crippen molar-refractivity contribution in [1.82, 2.24) is 9.88 Å². The van der Waals surface area contributed by atoms with Crippen molar-refractivity contribution in [3.05, 3.63) is 44.8 Å². The van der Waals surface area contributed by atoms with Crippen LogP contribution < -0.4 is 5.32 Å². The van der Waals surface area contributed by atoms with E-state index in [4.69, 9.17) is 0 Å². The zero-order chi connectivity index (χ0) is 14.5. The lowest BCUT2D eigenvalue weighted by atomic mass is 10.2. The fourth-order valence-electron chi connectivity index (χ4n) is 2.19. The Morgan fingerprint density at radius 3 is 2.90 bits per heavy atom. The number of thiophene rings is 1. The van der Waals surface area contributed by atoms with Crippen LogP contribution in [0.2, 0.25) is 0 Å². The van der Waals surface area contributed by atoms with Crippen LogP contribution in [0.15, 0.2) is 34.2 Å². The van der Waals surface area contributed by atoms with Gasteiger partial charge in [-0.2, -0.15) is 0 Å². The highest BCUT2D eigenvalue weighted by Crippen LogP contribution is 2.23. The first-order valence-corrected chi connectivity index (χ1v) is 8.52. The molecule has 0 radical (unpaired) electrons. The largest absolute Gasteiger partial charge is 0.343 e. The molecule has 1 N–H and O–H groups in total. The molecule has 108 valence electrons. The van der Waals surface area contributed by atoms with Crippen molar-refractivity contribution in [3.8, 4) is 0 Å². The SMILES string of the molecule is CCCn1cc(Br)cc1C(=O)NC(CC)c1cccs1. The predicted molar refractivity (Wildman–Crippen MR) is 87.2 cm³/mol. The molecule has 2 aromatic heterocycles. The average Bonchev–Trinajstić information content (AvgIpc) is 3.06. The summed E-state index contributed by atoms with van der Waals surface area (Å²) in [6.07, 6.45) is 3.86. The molecule has 0 aliphatic carbocycles. The monoisotopic (exact) mass is 354 g/mol. The van der Waals surface area contributed by atoms with Crippen LogP contribution >= 0.6 is 27.3 Å². The number of amides is 1. The first kappa shape index (κ1) is 15.3. The maximum Gasteiger partial charge on any atom is 0.268 e. The number of carbonyl (C=O) groups excluding carboxylic acids is 1. The Labute approximate surface area is 132 Å². The van der Waals surface area contributed by atoms with Gasteiger partial charge in [0.1, 0.15) is 5.69 Å². The number of halogens is 1. The molecule has 0 spiro atoms. The van der Waals surface area contributed by atoms with Crippen molar-refractivity contribution in [3.63, 3.8) is 0 Å². The van der Waals surface area contributed by atoms with E-state index in [0.717, 1.165) is 23.9 Å². The van der Waals surface area contributed by atoms with E-state index in [9.17, 15) is 4.79 Å². The summed E-state index contributed by atoms with van der Waals surface area (Å²) in [6, 6.07) is 6.06. The van der Waals surface area contributed by atoms with Gasteiger partial charge in [0.2, 0.25) is 0 Å². The summed E-state index contributed by atoms with van der Waals surface area (Å²) in [5.41, 5.74) is 0.716. The molecule has 0 fully saturated rings. The fourth-order valence-corrected chi connectivity index (χ4v) is 3.51. The summed E-state index contributed by atoms with van der Waals surface area (Å²) in [5, 5.41) is 5.17. The van der Waals surface area contributed by atoms with Crippen LogP contribution in [-0.2, 0) is 6.54 Å². The van der Waals surface area contributed by atoms with Gasteiger partial charge in [0.25, 0.3) is 5.91 Å². The van der Waals surface area contributed by atoms with E-state index < -0.39 is 0 Å². The molecule has 1 unspecified atom stereocenters. The predicted octanol–water partition coefficient (Wildman–Crippen LogP) is 4.60. The molecule has 1 atom stereocenters. The maximum atomic E-state index is 12.5. The first-order chi connectivity index (χ1) is 9.65. The molecule has 0 aliphatic rings. The highest BCUT2D eigenvalue weighted by molar-refractivity contribution is 9.10. The zero-order valence-corrected chi connectivity index (χ0v) is 14.1. The molecule has 0 saturated heterocycles. The molecule has 0 bridgehead atoms. The van der Waals surface area contributed by atoms with Crippen molar-refractivity contribution < 1.29 is 4.79 Å². The highest BCUT2D eigenvalue weighted by atomic mass is 79.9. The van der Waals surface area contributed by atoms with Crippen LogP contribution in [-0.4, -0.2) is 10.5 Å². The van der Waals surface area contributed by atoms with E-state index in [1.165, 1.54) is 4.88 Å². The van der Waals surface area contributed by atoms with Crippen LogP contribution in [0.3, 0.4) is 0 Å². The van der Waals surface area contributed by atoms with Gasteiger partial charge in [-0.15, -0.1) is 11.3 Å². The Balaban J connectivity index is 2.15. The lowest BCUT2D eigenvalue weighted by Crippen LogP contribution is -2.29. The number of rotatable bonds is 6. The Kier molecular flexibility index (Phi) is 5.43. The number of hydrogen-bond acceptors (Lipinski definition) is 2. The minimum absolute atomic E-state index is 0.00981. The van der Waals surface area contributed by atoms with E-state index in [1.54, 1.807) is 11.3 Å². The quantitative estimate of drug-likeness (QED) is 0.807. The molecule has 20 heavy (non-hydrogen) atoms. The van der Waals surface area contributed by atoms with Crippen LogP contribution in [0.25, 0.3) is 0 Å². The van der Waals surface area contributed by atoms with Crippen molar-refractivity contribution in [2.24, 2.45) is 0 Å². The molecule has 3 nitrogen and oxygen atoms in total. The second-order valence-corrected chi connectivity index (χ2v) is 6.58. The molecule has 0 saturated carbocycles. The second kappa shape index (κ2) is 7.09. The van der Waals surface area contributed by atoms with Gasteiger partial charge in [0.15, 0.2) is 0 Å². The van der Waals surface area contributed by atoms with E-state index in [-0.39, 0.29) is 11.9 Å². The summed E-state index contributed by atoms with van der Waals surface area (Å²) >= 11 is 5.13. The highest BCUT2D eigenvalue weighted by Gasteiger charge is 2.18. The molecule has 0 aliphatic heterocycles. The second-order valence-electron chi connectivity index (χ2n) is 4.69. The number of nitrogens with one attached hydrogen (secondary N) is 1. The van der Waals surface area contributed by atoms with Crippen molar-refractivity contribution in [2.75, 3.05) is 0 Å². The van der Waals surface area contributed by atoms with Crippen LogP contribution in [0, 0.1) is 0 Å². The third kappa shape index (κ3) is 3.52. The van der Waals surface area contributed by atoms with Gasteiger partial charge in [0.05, 0.1) is 6.04 Å². The molecule has 2 rings (SSSR count). The average molecular weight is 355 g/mol. The maximum absolute atomic E-state index is 12.5. The van der Waals surface area contributed by atoms with E-state index in [1.807, 2.05) is 28.3 Å². The normalized spacial score (nSPS) is 12.3. The number of aryl methyl sites for hydroxylation is 1. The van der Waals surface area contributed by atoms with Crippen LogP contribution in [0.1, 0.15) is 48.1 Å². The summed E-state index contributed by atoms with van der Waals surface area (Å²) in [5.74, 6) is -0.00981. The van der Waals surface area contributed by atoms with E-state index >= 15 is 0 Å². The summed E-state index contributed by atoms with van der Waals surface area (Å²) < 4.78 is 2.95. The summed E-state index contributed by atoms with van der Waals surface area (Å²) in [6.45, 7) is 5.05. The Morgan fingerprint density at radius 2 is 2.30 bits per heavy atom. The fraction of sp³-hybridized carbons (Fsp3) is 0.400. The van der Waals surface area contributed by atoms with Crippen LogP contribution in [0.5, 0.6) is 0 Å². The van der Waals surface area contributed by atoms with Gasteiger partial charge >= 0.3 is 0 Å². The molecule has 5 heteroatoms. The molecular weight excluding hydrogens is 336 g/mol. The summed E-state index contributed by atoms with van der Waals surface area (Å²) in [7, 11) is 0. The third-order valence-corrected chi connectivity index (χ3v) is 4.58. The van der Waals surface area contributed by atoms with Gasteiger partial charge in [-0.1, -0.05) is 19.9 Å². The van der Waals surface area contributed by atoms with Crippen molar-refractivity contribution >= 4 is 33.2 Å². The van der Waals surface area contributed by atoms with Gasteiger partial charge in [-0.3, -0.25) is 4.79 Å². The topological polar surface area (TPSA) is 34.0 Å². The van der Waals surface area contributed by atoms with Gasteiger partial charge in [0, 0.05) is 22.1 Å². The molecule has 1 amide bonds. The van der Waals surface area contributed by atoms with Crippen molar-refractivity contribution in [1.29, 1.82) is 0 Å². The lowest BCUT2D eigenvalue weighted by Gasteiger charge is -2.16. The van der Waals surface area contributed by atoms with E-state index in [0.29, 0.717) is 5.69 Å². The molecular formula is C15H19BrN2OS. The number of carbonyl (C=O) groups is 1. The zero-order valence-electron chi connectivity index (χ0n) is 11.7. The Bertz CT molecular complexity index is 562. The van der Waals surface area contributed by atoms with Crippen LogP contribution in [0.4, 0.5) is 0 Å². The molecule has 2 heterocycles. The Hall–Kier alpha value is -1.07. The van der Waals surface area contributed by atoms with Crippen molar-refractivity contribution in [2.45, 2.75) is 39.3 Å². The number of hydrogen-bond donors (Lipinski definition) is 1. The smallest absolute Gasteiger partial charge is 0.268 e. The van der Waals surface area contributed by atoms with Gasteiger partial charge in [-0.05, 0) is 46.3 Å². The summed E-state index contributed by atoms with van der Waals surface area (Å²) in [4.78, 5) is 13.7. The van der Waals surface area contributed by atoms with Gasteiger partial charge in [-0.25, -0.2) is 0 Å². The third-order valence-electron chi connectivity index (χ3n) is 3.16.